The monoisotopic (exact) mass is 341 g/mol. The Bertz CT molecular complexity index is 783. The Balaban J connectivity index is 2.07. The van der Waals surface area contributed by atoms with Crippen molar-refractivity contribution in [2.75, 3.05) is 18.5 Å². The third kappa shape index (κ3) is 4.59. The zero-order valence-electron chi connectivity index (χ0n) is 15.0. The van der Waals surface area contributed by atoms with Gasteiger partial charge in [0.1, 0.15) is 5.75 Å². The van der Waals surface area contributed by atoms with Crippen LogP contribution in [0.4, 0.5) is 5.69 Å². The summed E-state index contributed by atoms with van der Waals surface area (Å²) in [5.41, 5.74) is 3.82. The molecule has 0 saturated heterocycles. The summed E-state index contributed by atoms with van der Waals surface area (Å²) in [6.07, 6.45) is 0. The molecule has 1 N–H and O–H groups in total. The molecule has 5 nitrogen and oxygen atoms in total. The molecule has 2 aromatic carbocycles. The smallest absolute Gasteiger partial charge is 0.340 e. The van der Waals surface area contributed by atoms with Gasteiger partial charge in [-0.1, -0.05) is 24.3 Å². The zero-order valence-corrected chi connectivity index (χ0v) is 15.0. The lowest BCUT2D eigenvalue weighted by Gasteiger charge is -2.14. The van der Waals surface area contributed by atoms with Crippen molar-refractivity contribution in [2.24, 2.45) is 0 Å². The molecule has 0 aliphatic rings. The van der Waals surface area contributed by atoms with E-state index in [2.05, 4.69) is 5.32 Å². The van der Waals surface area contributed by atoms with Crippen LogP contribution < -0.4 is 10.1 Å². The highest BCUT2D eigenvalue weighted by Crippen LogP contribution is 2.25. The highest BCUT2D eigenvalue weighted by Gasteiger charge is 2.15. The van der Waals surface area contributed by atoms with E-state index in [0.29, 0.717) is 17.0 Å². The number of anilines is 1. The lowest BCUT2D eigenvalue weighted by atomic mass is 10.1. The van der Waals surface area contributed by atoms with E-state index in [9.17, 15) is 9.59 Å². The molecule has 2 rings (SSSR count). The molecule has 0 fully saturated rings. The molecule has 0 atom stereocenters. The summed E-state index contributed by atoms with van der Waals surface area (Å²) in [4.78, 5) is 24.2. The van der Waals surface area contributed by atoms with Crippen LogP contribution in [0.25, 0.3) is 0 Å². The van der Waals surface area contributed by atoms with Crippen molar-refractivity contribution >= 4 is 17.6 Å². The Labute approximate surface area is 148 Å². The normalized spacial score (nSPS) is 10.2. The van der Waals surface area contributed by atoms with Crippen LogP contribution in [0.15, 0.2) is 36.4 Å². The second kappa shape index (κ2) is 8.33. The van der Waals surface area contributed by atoms with Crippen molar-refractivity contribution in [1.82, 2.24) is 0 Å². The van der Waals surface area contributed by atoms with E-state index in [1.54, 1.807) is 31.2 Å². The first-order valence-corrected chi connectivity index (χ1v) is 8.19. The first-order chi connectivity index (χ1) is 11.9. The van der Waals surface area contributed by atoms with E-state index >= 15 is 0 Å². The predicted molar refractivity (Wildman–Crippen MR) is 97.2 cm³/mol. The van der Waals surface area contributed by atoms with Crippen LogP contribution in [0.1, 0.15) is 34.0 Å². The van der Waals surface area contributed by atoms with Crippen molar-refractivity contribution in [3.8, 4) is 5.75 Å². The fraction of sp³-hybridized carbons (Fsp3) is 0.300. The SMILES string of the molecule is CCOC(=O)c1ccccc1NC(=O)COc1c(C)ccc(C)c1C. The first kappa shape index (κ1) is 18.5. The molecule has 0 aromatic heterocycles. The highest BCUT2D eigenvalue weighted by atomic mass is 16.5. The summed E-state index contributed by atoms with van der Waals surface area (Å²) in [5.74, 6) is -0.0874. The molecule has 25 heavy (non-hydrogen) atoms. The maximum atomic E-state index is 12.2. The van der Waals surface area contributed by atoms with Crippen molar-refractivity contribution in [2.45, 2.75) is 27.7 Å². The average molecular weight is 341 g/mol. The molecular formula is C20H23NO4. The number of nitrogens with one attached hydrogen (secondary N) is 1. The summed E-state index contributed by atoms with van der Waals surface area (Å²) in [7, 11) is 0. The standard InChI is InChI=1S/C20H23NO4/c1-5-24-20(23)16-8-6-7-9-17(16)21-18(22)12-25-19-14(3)11-10-13(2)15(19)4/h6-11H,5,12H2,1-4H3,(H,21,22). The zero-order chi connectivity index (χ0) is 18.4. The van der Waals surface area contributed by atoms with E-state index < -0.39 is 5.97 Å². The fourth-order valence-corrected chi connectivity index (χ4v) is 2.45. The molecule has 0 unspecified atom stereocenters. The first-order valence-electron chi connectivity index (χ1n) is 8.19. The van der Waals surface area contributed by atoms with Gasteiger partial charge in [-0.2, -0.15) is 0 Å². The number of esters is 1. The minimum atomic E-state index is -0.468. The van der Waals surface area contributed by atoms with Gasteiger partial charge in [0.05, 0.1) is 17.9 Å². The number of carbonyl (C=O) groups excluding carboxylic acids is 2. The lowest BCUT2D eigenvalue weighted by molar-refractivity contribution is -0.118. The molecule has 0 spiro atoms. The minimum absolute atomic E-state index is 0.137. The van der Waals surface area contributed by atoms with Crippen LogP contribution in [0.5, 0.6) is 5.75 Å². The van der Waals surface area contributed by atoms with Crippen LogP contribution in [0.2, 0.25) is 0 Å². The maximum absolute atomic E-state index is 12.2. The third-order valence-electron chi connectivity index (χ3n) is 3.92. The number of aryl methyl sites for hydroxylation is 2. The van der Waals surface area contributed by atoms with Gasteiger partial charge in [-0.05, 0) is 56.5 Å². The highest BCUT2D eigenvalue weighted by molar-refractivity contribution is 6.01. The van der Waals surface area contributed by atoms with Crippen molar-refractivity contribution in [1.29, 1.82) is 0 Å². The van der Waals surface area contributed by atoms with Gasteiger partial charge in [-0.3, -0.25) is 4.79 Å². The van der Waals surface area contributed by atoms with E-state index in [1.807, 2.05) is 32.9 Å². The van der Waals surface area contributed by atoms with Crippen LogP contribution in [0.3, 0.4) is 0 Å². The van der Waals surface area contributed by atoms with Gasteiger partial charge in [0.25, 0.3) is 5.91 Å². The number of para-hydroxylation sites is 1. The quantitative estimate of drug-likeness (QED) is 0.812. The van der Waals surface area contributed by atoms with Gasteiger partial charge in [0.15, 0.2) is 6.61 Å². The molecule has 0 aliphatic carbocycles. The molecule has 0 bridgehead atoms. The average Bonchev–Trinajstić information content (AvgIpc) is 2.59. The molecule has 0 aliphatic heterocycles. The molecular weight excluding hydrogens is 318 g/mol. The summed E-state index contributed by atoms with van der Waals surface area (Å²) >= 11 is 0. The van der Waals surface area contributed by atoms with Gasteiger partial charge >= 0.3 is 5.97 Å². The van der Waals surface area contributed by atoms with E-state index in [1.165, 1.54) is 0 Å². The Morgan fingerprint density at radius 2 is 1.68 bits per heavy atom. The number of hydrogen-bond acceptors (Lipinski definition) is 4. The number of rotatable bonds is 6. The van der Waals surface area contributed by atoms with Gasteiger partial charge in [0.2, 0.25) is 0 Å². The largest absolute Gasteiger partial charge is 0.483 e. The predicted octanol–water partition coefficient (Wildman–Crippen LogP) is 3.81. The second-order valence-corrected chi connectivity index (χ2v) is 5.76. The number of carbonyl (C=O) groups is 2. The molecule has 1 amide bonds. The Morgan fingerprint density at radius 3 is 2.40 bits per heavy atom. The van der Waals surface area contributed by atoms with Crippen LogP contribution in [-0.2, 0) is 9.53 Å². The Kier molecular flexibility index (Phi) is 6.17. The molecule has 5 heteroatoms. The van der Waals surface area contributed by atoms with Gasteiger partial charge in [0, 0.05) is 0 Å². The molecule has 2 aromatic rings. The topological polar surface area (TPSA) is 64.6 Å². The van der Waals surface area contributed by atoms with E-state index in [0.717, 1.165) is 16.7 Å². The number of benzene rings is 2. The van der Waals surface area contributed by atoms with E-state index in [-0.39, 0.29) is 19.1 Å². The third-order valence-corrected chi connectivity index (χ3v) is 3.92. The van der Waals surface area contributed by atoms with E-state index in [4.69, 9.17) is 9.47 Å². The van der Waals surface area contributed by atoms with Crippen LogP contribution in [0, 0.1) is 20.8 Å². The molecule has 132 valence electrons. The summed E-state index contributed by atoms with van der Waals surface area (Å²) in [6, 6.07) is 10.7. The second-order valence-electron chi connectivity index (χ2n) is 5.76. The van der Waals surface area contributed by atoms with Gasteiger partial charge in [-0.15, -0.1) is 0 Å². The molecule has 0 radical (unpaired) electrons. The number of hydrogen-bond donors (Lipinski definition) is 1. The van der Waals surface area contributed by atoms with Crippen molar-refractivity contribution in [3.63, 3.8) is 0 Å². The maximum Gasteiger partial charge on any atom is 0.340 e. The Hall–Kier alpha value is -2.82. The van der Waals surface area contributed by atoms with Crippen LogP contribution >= 0.6 is 0 Å². The van der Waals surface area contributed by atoms with Gasteiger partial charge < -0.3 is 14.8 Å². The molecule has 0 heterocycles. The van der Waals surface area contributed by atoms with Crippen molar-refractivity contribution in [3.05, 3.63) is 58.7 Å². The number of amides is 1. The van der Waals surface area contributed by atoms with Gasteiger partial charge in [-0.25, -0.2) is 4.79 Å². The van der Waals surface area contributed by atoms with Crippen molar-refractivity contribution < 1.29 is 19.1 Å². The number of ether oxygens (including phenoxy) is 2. The summed E-state index contributed by atoms with van der Waals surface area (Å²) in [6.45, 7) is 7.77. The molecule has 0 saturated carbocycles. The minimum Gasteiger partial charge on any atom is -0.483 e. The van der Waals surface area contributed by atoms with Crippen LogP contribution in [-0.4, -0.2) is 25.1 Å². The summed E-state index contributed by atoms with van der Waals surface area (Å²) in [5, 5.41) is 2.71. The summed E-state index contributed by atoms with van der Waals surface area (Å²) < 4.78 is 10.7. The fourth-order valence-electron chi connectivity index (χ4n) is 2.45. The Morgan fingerprint density at radius 1 is 1.00 bits per heavy atom. The lowest BCUT2D eigenvalue weighted by Crippen LogP contribution is -2.22.